The van der Waals surface area contributed by atoms with E-state index >= 15 is 0 Å². The summed E-state index contributed by atoms with van der Waals surface area (Å²) in [5, 5.41) is 10.5. The second kappa shape index (κ2) is 7.23. The van der Waals surface area contributed by atoms with Crippen molar-refractivity contribution < 1.29 is 14.6 Å². The molecule has 0 radical (unpaired) electrons. The van der Waals surface area contributed by atoms with Gasteiger partial charge in [-0.2, -0.15) is 0 Å². The van der Waals surface area contributed by atoms with Gasteiger partial charge in [-0.25, -0.2) is 0 Å². The molecule has 1 aromatic carbocycles. The minimum Gasteiger partial charge on any atom is -0.497 e. The smallest absolute Gasteiger partial charge is 0.242 e. The number of carbonyl (C=O) groups is 1. The third kappa shape index (κ3) is 3.71. The fraction of sp³-hybridized carbons (Fsp3) is 0.500. The number of piperazine rings is 1. The molecule has 0 aliphatic carbocycles. The Labute approximate surface area is 142 Å². The van der Waals surface area contributed by atoms with Gasteiger partial charge in [-0.05, 0) is 31.2 Å². The number of aliphatic hydroxyl groups excluding tert-OH is 1. The van der Waals surface area contributed by atoms with Crippen LogP contribution in [-0.4, -0.2) is 71.3 Å². The predicted octanol–water partition coefficient (Wildman–Crippen LogP) is 1.17. The van der Waals surface area contributed by atoms with Gasteiger partial charge in [0.05, 0.1) is 13.2 Å². The molecular weight excluding hydrogens is 306 g/mol. The summed E-state index contributed by atoms with van der Waals surface area (Å²) in [5.41, 5.74) is 1.04. The van der Waals surface area contributed by atoms with Gasteiger partial charge in [-0.15, -0.1) is 0 Å². The van der Waals surface area contributed by atoms with Gasteiger partial charge in [0.15, 0.2) is 0 Å². The Balaban J connectivity index is 1.61. The molecule has 6 heteroatoms. The van der Waals surface area contributed by atoms with Gasteiger partial charge in [0.1, 0.15) is 12.3 Å². The topological polar surface area (TPSA) is 57.9 Å². The minimum absolute atomic E-state index is 0.139. The first-order valence-corrected chi connectivity index (χ1v) is 8.38. The van der Waals surface area contributed by atoms with Crippen LogP contribution < -0.4 is 4.74 Å². The number of fused-ring (bicyclic) bond motifs is 1. The van der Waals surface area contributed by atoms with E-state index in [1.807, 2.05) is 39.9 Å². The Morgan fingerprint density at radius 2 is 2.00 bits per heavy atom. The van der Waals surface area contributed by atoms with Crippen LogP contribution in [0.15, 0.2) is 30.5 Å². The number of ether oxygens (including phenoxy) is 1. The van der Waals surface area contributed by atoms with Gasteiger partial charge in [0, 0.05) is 49.8 Å². The van der Waals surface area contributed by atoms with E-state index in [-0.39, 0.29) is 12.0 Å². The first kappa shape index (κ1) is 16.8. The Bertz CT molecular complexity index is 703. The maximum Gasteiger partial charge on any atom is 0.242 e. The van der Waals surface area contributed by atoms with Crippen LogP contribution >= 0.6 is 0 Å². The van der Waals surface area contributed by atoms with Crippen molar-refractivity contribution in [3.05, 3.63) is 30.5 Å². The van der Waals surface area contributed by atoms with Crippen molar-refractivity contribution in [2.45, 2.75) is 19.6 Å². The van der Waals surface area contributed by atoms with Crippen LogP contribution in [0, 0.1) is 0 Å². The summed E-state index contributed by atoms with van der Waals surface area (Å²) in [6.07, 6.45) is 1.63. The fourth-order valence-corrected chi connectivity index (χ4v) is 3.24. The van der Waals surface area contributed by atoms with Crippen molar-refractivity contribution in [2.75, 3.05) is 39.8 Å². The molecule has 0 saturated carbocycles. The summed E-state index contributed by atoms with van der Waals surface area (Å²) in [6, 6.07) is 7.89. The molecule has 1 atom stereocenters. The van der Waals surface area contributed by atoms with E-state index < -0.39 is 0 Å². The number of hydrogen-bond donors (Lipinski definition) is 1. The molecule has 1 saturated heterocycles. The largest absolute Gasteiger partial charge is 0.497 e. The van der Waals surface area contributed by atoms with Crippen molar-refractivity contribution in [1.82, 2.24) is 14.4 Å². The normalized spacial score (nSPS) is 17.2. The Hall–Kier alpha value is -2.05. The number of methoxy groups -OCH3 is 1. The number of aromatic nitrogens is 1. The summed E-state index contributed by atoms with van der Waals surface area (Å²) in [5.74, 6) is 0.959. The van der Waals surface area contributed by atoms with Crippen LogP contribution in [0.25, 0.3) is 10.9 Å². The zero-order valence-corrected chi connectivity index (χ0v) is 14.3. The van der Waals surface area contributed by atoms with Crippen LogP contribution in [0.3, 0.4) is 0 Å². The molecule has 130 valence electrons. The highest BCUT2D eigenvalue weighted by atomic mass is 16.5. The van der Waals surface area contributed by atoms with E-state index in [2.05, 4.69) is 4.90 Å². The second-order valence-electron chi connectivity index (χ2n) is 6.40. The predicted molar refractivity (Wildman–Crippen MR) is 93.2 cm³/mol. The van der Waals surface area contributed by atoms with Crippen LogP contribution in [-0.2, 0) is 11.3 Å². The summed E-state index contributed by atoms with van der Waals surface area (Å²) in [4.78, 5) is 16.7. The summed E-state index contributed by atoms with van der Waals surface area (Å²) in [6.45, 7) is 5.90. The third-order valence-electron chi connectivity index (χ3n) is 4.53. The van der Waals surface area contributed by atoms with Crippen molar-refractivity contribution in [3.8, 4) is 5.75 Å². The maximum atomic E-state index is 12.6. The Morgan fingerprint density at radius 3 is 2.67 bits per heavy atom. The molecule has 1 aliphatic rings. The first-order valence-electron chi connectivity index (χ1n) is 8.38. The fourth-order valence-electron chi connectivity index (χ4n) is 3.24. The number of aliphatic hydroxyl groups is 1. The second-order valence-corrected chi connectivity index (χ2v) is 6.40. The Morgan fingerprint density at radius 1 is 1.25 bits per heavy atom. The lowest BCUT2D eigenvalue weighted by Crippen LogP contribution is -2.50. The molecule has 0 spiro atoms. The van der Waals surface area contributed by atoms with Crippen LogP contribution in [0.5, 0.6) is 5.75 Å². The molecule has 1 aliphatic heterocycles. The molecule has 1 amide bonds. The van der Waals surface area contributed by atoms with Gasteiger partial charge in [-0.1, -0.05) is 0 Å². The van der Waals surface area contributed by atoms with Crippen LogP contribution in [0.1, 0.15) is 6.92 Å². The van der Waals surface area contributed by atoms with Gasteiger partial charge >= 0.3 is 0 Å². The van der Waals surface area contributed by atoms with Crippen LogP contribution in [0.2, 0.25) is 0 Å². The average molecular weight is 331 g/mol. The lowest BCUT2D eigenvalue weighted by molar-refractivity contribution is -0.133. The van der Waals surface area contributed by atoms with Gasteiger partial charge in [-0.3, -0.25) is 9.69 Å². The maximum absolute atomic E-state index is 12.6. The number of rotatable bonds is 5. The van der Waals surface area contributed by atoms with Crippen molar-refractivity contribution in [3.63, 3.8) is 0 Å². The first-order chi connectivity index (χ1) is 11.6. The number of amides is 1. The lowest BCUT2D eigenvalue weighted by Gasteiger charge is -2.35. The molecule has 2 heterocycles. The number of hydrogen-bond acceptors (Lipinski definition) is 4. The van der Waals surface area contributed by atoms with E-state index in [0.29, 0.717) is 13.1 Å². The third-order valence-corrected chi connectivity index (χ3v) is 4.53. The van der Waals surface area contributed by atoms with Crippen LogP contribution in [0.4, 0.5) is 0 Å². The standard InChI is InChI=1S/C18H25N3O3/c1-14(22)12-19-7-9-20(10-8-19)18(23)13-21-6-5-15-11-16(24-2)3-4-17(15)21/h3-6,11,14,22H,7-10,12-13H2,1-2H3. The SMILES string of the molecule is COc1ccc2c(ccn2CC(=O)N2CCN(CC(C)O)CC2)c1. The molecule has 1 fully saturated rings. The minimum atomic E-state index is -0.324. The molecule has 1 unspecified atom stereocenters. The summed E-state index contributed by atoms with van der Waals surface area (Å²) in [7, 11) is 1.65. The van der Waals surface area contributed by atoms with Crippen molar-refractivity contribution in [1.29, 1.82) is 0 Å². The zero-order valence-electron chi connectivity index (χ0n) is 14.3. The average Bonchev–Trinajstić information content (AvgIpc) is 2.97. The number of benzene rings is 1. The zero-order chi connectivity index (χ0) is 17.1. The summed E-state index contributed by atoms with van der Waals surface area (Å²) < 4.78 is 7.22. The highest BCUT2D eigenvalue weighted by Gasteiger charge is 2.22. The van der Waals surface area contributed by atoms with Gasteiger partial charge in [0.2, 0.25) is 5.91 Å². The Kier molecular flexibility index (Phi) is 5.06. The molecule has 3 rings (SSSR count). The van der Waals surface area contributed by atoms with Gasteiger partial charge < -0.3 is 19.3 Å². The van der Waals surface area contributed by atoms with E-state index in [9.17, 15) is 9.90 Å². The van der Waals surface area contributed by atoms with E-state index in [1.54, 1.807) is 14.0 Å². The summed E-state index contributed by atoms with van der Waals surface area (Å²) >= 11 is 0. The highest BCUT2D eigenvalue weighted by molar-refractivity contribution is 5.84. The number of β-amino-alcohol motifs (C(OH)–C–C–N with tert-alkyl or cyclic N) is 1. The molecule has 0 bridgehead atoms. The van der Waals surface area contributed by atoms with Gasteiger partial charge in [0.25, 0.3) is 0 Å². The van der Waals surface area contributed by atoms with E-state index in [0.717, 1.165) is 42.8 Å². The van der Waals surface area contributed by atoms with Crippen molar-refractivity contribution >= 4 is 16.8 Å². The lowest BCUT2D eigenvalue weighted by atomic mass is 10.2. The van der Waals surface area contributed by atoms with E-state index in [4.69, 9.17) is 4.74 Å². The molecule has 6 nitrogen and oxygen atoms in total. The highest BCUT2D eigenvalue weighted by Crippen LogP contribution is 2.22. The van der Waals surface area contributed by atoms with E-state index in [1.165, 1.54) is 0 Å². The molecule has 1 N–H and O–H groups in total. The monoisotopic (exact) mass is 331 g/mol. The molecule has 1 aromatic heterocycles. The molecule has 24 heavy (non-hydrogen) atoms. The number of carbonyl (C=O) groups excluding carboxylic acids is 1. The molecule has 2 aromatic rings. The number of nitrogens with zero attached hydrogens (tertiary/aromatic N) is 3. The molecular formula is C18H25N3O3. The quantitative estimate of drug-likeness (QED) is 0.894. The van der Waals surface area contributed by atoms with Crippen molar-refractivity contribution in [2.24, 2.45) is 0 Å².